The molecular weight excluding hydrogens is 408 g/mol. The molecule has 3 aromatic rings. The summed E-state index contributed by atoms with van der Waals surface area (Å²) in [5, 5.41) is 6.47. The van der Waals surface area contributed by atoms with E-state index in [1.807, 2.05) is 60.8 Å². The van der Waals surface area contributed by atoms with Crippen LogP contribution in [0, 0.1) is 0 Å². The fourth-order valence-electron chi connectivity index (χ4n) is 3.83. The van der Waals surface area contributed by atoms with Gasteiger partial charge in [-0.3, -0.25) is 14.4 Å². The second-order valence-corrected chi connectivity index (χ2v) is 7.96. The molecule has 4 rings (SSSR count). The lowest BCUT2D eigenvalue weighted by Gasteiger charge is -2.22. The first-order chi connectivity index (χ1) is 15.5. The first-order valence-electron chi connectivity index (χ1n) is 10.6. The number of ketones is 1. The predicted octanol–water partition coefficient (Wildman–Crippen LogP) is 0.849. The molecular formula is C24H26N4O4. The van der Waals surface area contributed by atoms with Crippen LogP contribution in [-0.2, 0) is 32.0 Å². The van der Waals surface area contributed by atoms with Crippen LogP contribution < -0.4 is 16.4 Å². The monoisotopic (exact) mass is 434 g/mol. The van der Waals surface area contributed by atoms with Crippen molar-refractivity contribution in [3.05, 3.63) is 71.9 Å². The van der Waals surface area contributed by atoms with Crippen molar-refractivity contribution in [3.8, 4) is 0 Å². The molecule has 2 aromatic carbocycles. The van der Waals surface area contributed by atoms with Gasteiger partial charge >= 0.3 is 0 Å². The van der Waals surface area contributed by atoms with Crippen molar-refractivity contribution in [3.63, 3.8) is 0 Å². The van der Waals surface area contributed by atoms with Gasteiger partial charge in [-0.25, -0.2) is 0 Å². The van der Waals surface area contributed by atoms with E-state index in [0.717, 1.165) is 22.0 Å². The quantitative estimate of drug-likeness (QED) is 0.418. The summed E-state index contributed by atoms with van der Waals surface area (Å²) in [4.78, 5) is 40.8. The maximum atomic E-state index is 12.9. The molecule has 8 heteroatoms. The van der Waals surface area contributed by atoms with Crippen LogP contribution in [0.25, 0.3) is 10.9 Å². The highest BCUT2D eigenvalue weighted by Gasteiger charge is 2.31. The molecule has 1 aliphatic rings. The van der Waals surface area contributed by atoms with Crippen LogP contribution in [0.5, 0.6) is 0 Å². The van der Waals surface area contributed by atoms with Crippen molar-refractivity contribution in [2.75, 3.05) is 13.2 Å². The summed E-state index contributed by atoms with van der Waals surface area (Å²) in [6.45, 7) is 0.118. The van der Waals surface area contributed by atoms with Gasteiger partial charge in [0.15, 0.2) is 5.78 Å². The average Bonchev–Trinajstić information content (AvgIpc) is 3.40. The van der Waals surface area contributed by atoms with E-state index in [0.29, 0.717) is 6.42 Å². The van der Waals surface area contributed by atoms with E-state index in [-0.39, 0.29) is 25.4 Å². The molecule has 5 N–H and O–H groups in total. The number of fused-ring (bicyclic) bond motifs is 1. The minimum atomic E-state index is -0.868. The molecule has 2 heterocycles. The smallest absolute Gasteiger partial charge is 0.243 e. The van der Waals surface area contributed by atoms with Gasteiger partial charge in [0.25, 0.3) is 0 Å². The van der Waals surface area contributed by atoms with Gasteiger partial charge in [0, 0.05) is 23.5 Å². The Hall–Kier alpha value is -3.49. The zero-order valence-corrected chi connectivity index (χ0v) is 17.5. The number of H-pyrrole nitrogens is 1. The highest BCUT2D eigenvalue weighted by Crippen LogP contribution is 2.19. The lowest BCUT2D eigenvalue weighted by atomic mass is 10.0. The number of hydrogen-bond donors (Lipinski definition) is 4. The van der Waals surface area contributed by atoms with E-state index in [2.05, 4.69) is 15.6 Å². The number of aromatic nitrogens is 1. The third-order valence-corrected chi connectivity index (χ3v) is 5.60. The Morgan fingerprint density at radius 3 is 2.56 bits per heavy atom. The Bertz CT molecular complexity index is 1110. The summed E-state index contributed by atoms with van der Waals surface area (Å²) in [6, 6.07) is 14.7. The number of carbonyl (C=O) groups is 3. The van der Waals surface area contributed by atoms with Crippen LogP contribution in [0.2, 0.25) is 0 Å². The molecule has 0 aliphatic carbocycles. The number of nitrogens with two attached hydrogens (primary N) is 1. The number of hydrogen-bond acceptors (Lipinski definition) is 5. The van der Waals surface area contributed by atoms with Gasteiger partial charge in [0.05, 0.1) is 12.6 Å². The topological polar surface area (TPSA) is 126 Å². The highest BCUT2D eigenvalue weighted by atomic mass is 16.5. The van der Waals surface area contributed by atoms with Crippen molar-refractivity contribution in [1.29, 1.82) is 0 Å². The zero-order valence-electron chi connectivity index (χ0n) is 17.5. The Kier molecular flexibility index (Phi) is 6.63. The summed E-state index contributed by atoms with van der Waals surface area (Å²) in [6.07, 6.45) is 2.45. The minimum absolute atomic E-state index is 0.0177. The predicted molar refractivity (Wildman–Crippen MR) is 120 cm³/mol. The summed E-state index contributed by atoms with van der Waals surface area (Å²) < 4.78 is 5.11. The van der Waals surface area contributed by atoms with Gasteiger partial charge in [0.1, 0.15) is 18.7 Å². The number of ether oxygens (including phenoxy) is 1. The number of para-hydroxylation sites is 1. The lowest BCUT2D eigenvalue weighted by Crippen LogP contribution is -2.55. The van der Waals surface area contributed by atoms with Gasteiger partial charge in [-0.05, 0) is 23.6 Å². The molecule has 1 saturated heterocycles. The van der Waals surface area contributed by atoms with Crippen molar-refractivity contribution in [2.24, 2.45) is 5.73 Å². The van der Waals surface area contributed by atoms with E-state index in [9.17, 15) is 14.4 Å². The molecule has 1 unspecified atom stereocenters. The normalized spacial score (nSPS) is 17.8. The van der Waals surface area contributed by atoms with Crippen LogP contribution in [0.3, 0.4) is 0 Å². The summed E-state index contributed by atoms with van der Waals surface area (Å²) >= 11 is 0. The molecule has 1 fully saturated rings. The standard InChI is InChI=1S/C24H26N4O4/c25-18(11-16-12-26-19-9-5-4-8-17(16)19)23(30)27-20(10-15-6-2-1-3-7-15)24(31)28-21-13-32-14-22(21)29/h1-9,12,18,20-21,26H,10-11,13-14,25H2,(H,27,30)(H,28,31)/t18-,20-,21?/m0/s1. The SMILES string of the molecule is N[C@@H](Cc1c[nH]c2ccccc12)C(=O)N[C@@H](Cc1ccccc1)C(=O)NC1COCC1=O. The summed E-state index contributed by atoms with van der Waals surface area (Å²) in [5.41, 5.74) is 8.98. The molecule has 1 aromatic heterocycles. The Labute approximate surface area is 185 Å². The first-order valence-corrected chi connectivity index (χ1v) is 10.6. The molecule has 166 valence electrons. The maximum Gasteiger partial charge on any atom is 0.243 e. The molecule has 0 spiro atoms. The second-order valence-electron chi connectivity index (χ2n) is 7.96. The third kappa shape index (κ3) is 5.04. The number of benzene rings is 2. The van der Waals surface area contributed by atoms with Crippen LogP contribution in [0.4, 0.5) is 0 Å². The molecule has 2 amide bonds. The number of rotatable bonds is 8. The number of amides is 2. The minimum Gasteiger partial charge on any atom is -0.371 e. The van der Waals surface area contributed by atoms with Gasteiger partial charge in [-0.2, -0.15) is 0 Å². The maximum absolute atomic E-state index is 12.9. The second kappa shape index (κ2) is 9.76. The third-order valence-electron chi connectivity index (χ3n) is 5.60. The van der Waals surface area contributed by atoms with Gasteiger partial charge < -0.3 is 26.1 Å². The number of aromatic amines is 1. The molecule has 0 bridgehead atoms. The van der Waals surface area contributed by atoms with E-state index in [1.54, 1.807) is 0 Å². The van der Waals surface area contributed by atoms with E-state index < -0.39 is 29.9 Å². The lowest BCUT2D eigenvalue weighted by molar-refractivity contribution is -0.131. The van der Waals surface area contributed by atoms with E-state index in [4.69, 9.17) is 10.5 Å². The molecule has 8 nitrogen and oxygen atoms in total. The Morgan fingerprint density at radius 2 is 1.81 bits per heavy atom. The van der Waals surface area contributed by atoms with Crippen molar-refractivity contribution >= 4 is 28.5 Å². The van der Waals surface area contributed by atoms with Crippen LogP contribution in [0.1, 0.15) is 11.1 Å². The summed E-state index contributed by atoms with van der Waals surface area (Å²) in [5.74, 6) is -1.05. The number of nitrogens with one attached hydrogen (secondary N) is 3. The molecule has 3 atom stereocenters. The average molecular weight is 434 g/mol. The Morgan fingerprint density at radius 1 is 1.06 bits per heavy atom. The Balaban J connectivity index is 1.45. The van der Waals surface area contributed by atoms with E-state index >= 15 is 0 Å². The van der Waals surface area contributed by atoms with Crippen molar-refractivity contribution in [2.45, 2.75) is 31.0 Å². The zero-order chi connectivity index (χ0) is 22.5. The van der Waals surface area contributed by atoms with Crippen LogP contribution in [-0.4, -0.2) is 53.9 Å². The fraction of sp³-hybridized carbons (Fsp3) is 0.292. The van der Waals surface area contributed by atoms with Gasteiger partial charge in [-0.15, -0.1) is 0 Å². The number of carbonyl (C=O) groups excluding carboxylic acids is 3. The van der Waals surface area contributed by atoms with Gasteiger partial charge in [-0.1, -0.05) is 48.5 Å². The highest BCUT2D eigenvalue weighted by molar-refractivity contribution is 5.95. The molecule has 1 aliphatic heterocycles. The first kappa shape index (κ1) is 21.7. The molecule has 32 heavy (non-hydrogen) atoms. The van der Waals surface area contributed by atoms with Crippen LogP contribution >= 0.6 is 0 Å². The van der Waals surface area contributed by atoms with Gasteiger partial charge in [0.2, 0.25) is 11.8 Å². The fourth-order valence-corrected chi connectivity index (χ4v) is 3.83. The largest absolute Gasteiger partial charge is 0.371 e. The van der Waals surface area contributed by atoms with Crippen molar-refractivity contribution < 1.29 is 19.1 Å². The van der Waals surface area contributed by atoms with Crippen LogP contribution in [0.15, 0.2) is 60.8 Å². The summed E-state index contributed by atoms with van der Waals surface area (Å²) in [7, 11) is 0. The molecule has 0 radical (unpaired) electrons. The number of Topliss-reactive ketones (excluding diaryl/α,β-unsaturated/α-hetero) is 1. The molecule has 0 saturated carbocycles. The van der Waals surface area contributed by atoms with Crippen molar-refractivity contribution in [1.82, 2.24) is 15.6 Å². The van der Waals surface area contributed by atoms with E-state index in [1.165, 1.54) is 0 Å².